The van der Waals surface area contributed by atoms with Gasteiger partial charge in [-0.25, -0.2) is 0 Å². The van der Waals surface area contributed by atoms with Gasteiger partial charge in [-0.3, -0.25) is 4.68 Å². The normalized spacial score (nSPS) is 12.5. The molecule has 2 aromatic rings. The summed E-state index contributed by atoms with van der Waals surface area (Å²) in [5.41, 5.74) is 9.05. The SMILES string of the molecule is CCc1nn(C)c(COc2ccc(Br)cc2[C@H](C)N)c1Br. The highest BCUT2D eigenvalue weighted by molar-refractivity contribution is 9.10. The number of halogens is 2. The van der Waals surface area contributed by atoms with E-state index in [1.165, 1.54) is 0 Å². The Balaban J connectivity index is 2.23. The van der Waals surface area contributed by atoms with Crippen LogP contribution in [0.1, 0.15) is 36.8 Å². The number of rotatable bonds is 5. The molecule has 6 heteroatoms. The van der Waals surface area contributed by atoms with Gasteiger partial charge in [-0.2, -0.15) is 5.10 Å². The summed E-state index contributed by atoms with van der Waals surface area (Å²) in [6.07, 6.45) is 0.887. The molecule has 2 rings (SSSR count). The van der Waals surface area contributed by atoms with E-state index in [0.29, 0.717) is 6.61 Å². The first-order valence-electron chi connectivity index (χ1n) is 6.82. The van der Waals surface area contributed by atoms with Crippen LogP contribution in [0.25, 0.3) is 0 Å². The molecule has 0 fully saturated rings. The van der Waals surface area contributed by atoms with Gasteiger partial charge < -0.3 is 10.5 Å². The average molecular weight is 417 g/mol. The smallest absolute Gasteiger partial charge is 0.131 e. The van der Waals surface area contributed by atoms with Gasteiger partial charge in [0.15, 0.2) is 0 Å². The Morgan fingerprint density at radius 3 is 2.67 bits per heavy atom. The van der Waals surface area contributed by atoms with Crippen LogP contribution in [-0.2, 0) is 20.1 Å². The van der Waals surface area contributed by atoms with Crippen LogP contribution in [0.2, 0.25) is 0 Å². The van der Waals surface area contributed by atoms with Crippen LogP contribution < -0.4 is 10.5 Å². The molecule has 0 radical (unpaired) electrons. The van der Waals surface area contributed by atoms with Crippen molar-refractivity contribution in [2.45, 2.75) is 32.9 Å². The van der Waals surface area contributed by atoms with E-state index in [4.69, 9.17) is 10.5 Å². The Morgan fingerprint density at radius 1 is 1.38 bits per heavy atom. The number of hydrogen-bond donors (Lipinski definition) is 1. The van der Waals surface area contributed by atoms with Crippen molar-refractivity contribution in [2.75, 3.05) is 0 Å². The molecule has 0 spiro atoms. The Labute approximate surface area is 141 Å². The van der Waals surface area contributed by atoms with Gasteiger partial charge in [-0.1, -0.05) is 22.9 Å². The minimum Gasteiger partial charge on any atom is -0.487 e. The minimum absolute atomic E-state index is 0.0846. The zero-order valence-corrected chi connectivity index (χ0v) is 15.5. The number of hydrogen-bond acceptors (Lipinski definition) is 3. The lowest BCUT2D eigenvalue weighted by molar-refractivity contribution is 0.289. The first kappa shape index (κ1) is 16.5. The predicted molar refractivity (Wildman–Crippen MR) is 91.4 cm³/mol. The maximum Gasteiger partial charge on any atom is 0.131 e. The molecule has 0 saturated heterocycles. The third kappa shape index (κ3) is 3.67. The molecule has 1 aromatic heterocycles. The average Bonchev–Trinajstić information content (AvgIpc) is 2.72. The standard InChI is InChI=1S/C15H19Br2N3O/c1-4-12-15(17)13(20(3)19-12)8-21-14-6-5-10(16)7-11(14)9(2)18/h5-7,9H,4,8,18H2,1-3H3/t9-/m0/s1. The van der Waals surface area contributed by atoms with Crippen LogP contribution in [0.5, 0.6) is 5.75 Å². The maximum absolute atomic E-state index is 6.01. The topological polar surface area (TPSA) is 53.1 Å². The third-order valence-electron chi connectivity index (χ3n) is 3.33. The van der Waals surface area contributed by atoms with Crippen LogP contribution >= 0.6 is 31.9 Å². The van der Waals surface area contributed by atoms with Gasteiger partial charge in [-0.05, 0) is 47.5 Å². The summed E-state index contributed by atoms with van der Waals surface area (Å²) in [7, 11) is 1.93. The van der Waals surface area contributed by atoms with Gasteiger partial charge in [0, 0.05) is 23.1 Å². The highest BCUT2D eigenvalue weighted by Crippen LogP contribution is 2.29. The lowest BCUT2D eigenvalue weighted by Gasteiger charge is -2.14. The summed E-state index contributed by atoms with van der Waals surface area (Å²) in [6, 6.07) is 5.80. The second-order valence-corrected chi connectivity index (χ2v) is 6.65. The van der Waals surface area contributed by atoms with E-state index in [0.717, 1.165) is 38.1 Å². The predicted octanol–water partition coefficient (Wildman–Crippen LogP) is 4.11. The van der Waals surface area contributed by atoms with E-state index in [9.17, 15) is 0 Å². The molecule has 0 amide bonds. The molecule has 2 N–H and O–H groups in total. The number of aryl methyl sites for hydroxylation is 2. The molecule has 1 aromatic carbocycles. The van der Waals surface area contributed by atoms with E-state index in [1.54, 1.807) is 0 Å². The Bertz CT molecular complexity index is 638. The fourth-order valence-corrected chi connectivity index (χ4v) is 3.24. The molecule has 4 nitrogen and oxygen atoms in total. The summed E-state index contributed by atoms with van der Waals surface area (Å²) >= 11 is 7.06. The van der Waals surface area contributed by atoms with Gasteiger partial charge >= 0.3 is 0 Å². The molecular weight excluding hydrogens is 398 g/mol. The van der Waals surface area contributed by atoms with Crippen molar-refractivity contribution in [2.24, 2.45) is 12.8 Å². The quantitative estimate of drug-likeness (QED) is 0.797. The van der Waals surface area contributed by atoms with E-state index >= 15 is 0 Å². The molecule has 0 bridgehead atoms. The zero-order chi connectivity index (χ0) is 15.6. The first-order valence-corrected chi connectivity index (χ1v) is 8.40. The van der Waals surface area contributed by atoms with Crippen LogP contribution in [0.3, 0.4) is 0 Å². The number of ether oxygens (including phenoxy) is 1. The van der Waals surface area contributed by atoms with Crippen molar-refractivity contribution in [1.82, 2.24) is 9.78 Å². The first-order chi connectivity index (χ1) is 9.93. The third-order valence-corrected chi connectivity index (χ3v) is 4.74. The van der Waals surface area contributed by atoms with Crippen molar-refractivity contribution in [3.8, 4) is 5.75 Å². The van der Waals surface area contributed by atoms with Gasteiger partial charge in [-0.15, -0.1) is 0 Å². The van der Waals surface area contributed by atoms with Gasteiger partial charge in [0.1, 0.15) is 12.4 Å². The monoisotopic (exact) mass is 415 g/mol. The van der Waals surface area contributed by atoms with E-state index in [2.05, 4.69) is 43.9 Å². The maximum atomic E-state index is 6.01. The van der Waals surface area contributed by atoms with Gasteiger partial charge in [0.05, 0.1) is 15.9 Å². The van der Waals surface area contributed by atoms with E-state index in [1.807, 2.05) is 36.9 Å². The number of aromatic nitrogens is 2. The number of nitrogens with zero attached hydrogens (tertiary/aromatic N) is 2. The molecule has 114 valence electrons. The molecule has 0 aliphatic heterocycles. The van der Waals surface area contributed by atoms with Gasteiger partial charge in [0.2, 0.25) is 0 Å². The Kier molecular flexibility index (Phi) is 5.46. The van der Waals surface area contributed by atoms with E-state index in [-0.39, 0.29) is 6.04 Å². The lowest BCUT2D eigenvalue weighted by Crippen LogP contribution is -2.09. The second-order valence-electron chi connectivity index (χ2n) is 4.94. The fraction of sp³-hybridized carbons (Fsp3) is 0.400. The molecule has 0 saturated carbocycles. The lowest BCUT2D eigenvalue weighted by atomic mass is 10.1. The highest BCUT2D eigenvalue weighted by atomic mass is 79.9. The van der Waals surface area contributed by atoms with E-state index < -0.39 is 0 Å². The summed E-state index contributed by atoms with van der Waals surface area (Å²) < 4.78 is 9.84. The zero-order valence-electron chi connectivity index (χ0n) is 12.4. The second kappa shape index (κ2) is 6.94. The number of nitrogens with two attached hydrogens (primary N) is 1. The summed E-state index contributed by atoms with van der Waals surface area (Å²) in [5.74, 6) is 0.805. The highest BCUT2D eigenvalue weighted by Gasteiger charge is 2.15. The molecule has 0 aliphatic rings. The van der Waals surface area contributed by atoms with Gasteiger partial charge in [0.25, 0.3) is 0 Å². The minimum atomic E-state index is -0.0846. The Morgan fingerprint density at radius 2 is 2.10 bits per heavy atom. The molecular formula is C15H19Br2N3O. The van der Waals surface area contributed by atoms with Crippen molar-refractivity contribution >= 4 is 31.9 Å². The molecule has 0 aliphatic carbocycles. The molecule has 0 unspecified atom stereocenters. The molecule has 21 heavy (non-hydrogen) atoms. The molecule has 1 heterocycles. The summed E-state index contributed by atoms with van der Waals surface area (Å²) in [4.78, 5) is 0. The van der Waals surface area contributed by atoms with Crippen LogP contribution in [0.15, 0.2) is 27.1 Å². The van der Waals surface area contributed by atoms with Crippen LogP contribution in [0, 0.1) is 0 Å². The fourth-order valence-electron chi connectivity index (χ4n) is 2.13. The van der Waals surface area contributed by atoms with Crippen molar-refractivity contribution in [3.05, 3.63) is 44.1 Å². The van der Waals surface area contributed by atoms with Crippen molar-refractivity contribution < 1.29 is 4.74 Å². The largest absolute Gasteiger partial charge is 0.487 e. The van der Waals surface area contributed by atoms with Crippen LogP contribution in [0.4, 0.5) is 0 Å². The van der Waals surface area contributed by atoms with Crippen molar-refractivity contribution in [1.29, 1.82) is 0 Å². The molecule has 1 atom stereocenters. The van der Waals surface area contributed by atoms with Crippen molar-refractivity contribution in [3.63, 3.8) is 0 Å². The Hall–Kier alpha value is -0.850. The summed E-state index contributed by atoms with van der Waals surface area (Å²) in [5, 5.41) is 4.47. The summed E-state index contributed by atoms with van der Waals surface area (Å²) in [6.45, 7) is 4.48. The van der Waals surface area contributed by atoms with Crippen LogP contribution in [-0.4, -0.2) is 9.78 Å². The number of benzene rings is 1.